The molecule has 0 aliphatic carbocycles. The van der Waals surface area contributed by atoms with E-state index >= 15 is 0 Å². The van der Waals surface area contributed by atoms with Crippen LogP contribution >= 0.6 is 0 Å². The van der Waals surface area contributed by atoms with Gasteiger partial charge in [-0.1, -0.05) is 30.7 Å². The van der Waals surface area contributed by atoms with Crippen molar-refractivity contribution in [3.63, 3.8) is 0 Å². The highest BCUT2D eigenvalue weighted by Gasteiger charge is 2.16. The van der Waals surface area contributed by atoms with Crippen LogP contribution in [-0.2, 0) is 15.9 Å². The first-order chi connectivity index (χ1) is 10.3. The zero-order valence-electron chi connectivity index (χ0n) is 13.0. The maximum Gasteiger partial charge on any atom is 0.204 e. The summed E-state index contributed by atoms with van der Waals surface area (Å²) in [5, 5.41) is 8.31. The lowest BCUT2D eigenvalue weighted by Crippen LogP contribution is -2.09. The fourth-order valence-corrected chi connectivity index (χ4v) is 2.14. The summed E-state index contributed by atoms with van der Waals surface area (Å²) in [4.78, 5) is 0. The molecule has 0 saturated carbocycles. The van der Waals surface area contributed by atoms with E-state index in [9.17, 15) is 0 Å². The van der Waals surface area contributed by atoms with Crippen molar-refractivity contribution in [1.29, 1.82) is 0 Å². The number of aryl methyl sites for hydroxylation is 1. The normalized spacial score (nSPS) is 11.2. The largest absolute Gasteiger partial charge is 0.347 e. The molecule has 2 aromatic rings. The van der Waals surface area contributed by atoms with E-state index in [2.05, 4.69) is 41.5 Å². The number of ether oxygens (including phenoxy) is 2. The van der Waals surface area contributed by atoms with Crippen LogP contribution in [0.3, 0.4) is 0 Å². The van der Waals surface area contributed by atoms with Crippen LogP contribution < -0.4 is 0 Å². The number of hydrogen-bond donors (Lipinski definition) is 0. The van der Waals surface area contributed by atoms with Gasteiger partial charge in [0.1, 0.15) is 5.69 Å². The number of hydrogen-bond acceptors (Lipinski definition) is 4. The van der Waals surface area contributed by atoms with Crippen molar-refractivity contribution in [2.45, 2.75) is 39.9 Å². The summed E-state index contributed by atoms with van der Waals surface area (Å²) < 4.78 is 12.8. The van der Waals surface area contributed by atoms with Crippen molar-refractivity contribution in [3.05, 3.63) is 41.7 Å². The highest BCUT2D eigenvalue weighted by molar-refractivity contribution is 5.34. The van der Waals surface area contributed by atoms with Gasteiger partial charge >= 0.3 is 0 Å². The van der Waals surface area contributed by atoms with E-state index in [4.69, 9.17) is 9.47 Å². The van der Waals surface area contributed by atoms with Crippen molar-refractivity contribution < 1.29 is 9.47 Å². The summed E-state index contributed by atoms with van der Waals surface area (Å²) in [6, 6.07) is 8.37. The molecular weight excluding hydrogens is 266 g/mol. The van der Waals surface area contributed by atoms with Gasteiger partial charge in [-0.05, 0) is 38.0 Å². The van der Waals surface area contributed by atoms with E-state index in [0.29, 0.717) is 18.9 Å². The van der Waals surface area contributed by atoms with E-state index in [1.165, 1.54) is 5.56 Å². The summed E-state index contributed by atoms with van der Waals surface area (Å²) in [5.41, 5.74) is 3.01. The predicted molar refractivity (Wildman–Crippen MR) is 81.3 cm³/mol. The molecule has 0 aliphatic rings. The molecule has 0 unspecified atom stereocenters. The van der Waals surface area contributed by atoms with Crippen molar-refractivity contribution in [3.8, 4) is 5.69 Å². The molecule has 5 heteroatoms. The fourth-order valence-electron chi connectivity index (χ4n) is 2.14. The zero-order valence-corrected chi connectivity index (χ0v) is 13.0. The molecule has 1 heterocycles. The van der Waals surface area contributed by atoms with Gasteiger partial charge in [0.2, 0.25) is 6.29 Å². The van der Waals surface area contributed by atoms with Crippen LogP contribution in [0, 0.1) is 0 Å². The van der Waals surface area contributed by atoms with Crippen molar-refractivity contribution in [1.82, 2.24) is 15.0 Å². The maximum absolute atomic E-state index is 5.53. The highest BCUT2D eigenvalue weighted by Crippen LogP contribution is 2.18. The van der Waals surface area contributed by atoms with Crippen LogP contribution in [0.15, 0.2) is 30.5 Å². The third-order valence-electron chi connectivity index (χ3n) is 3.13. The van der Waals surface area contributed by atoms with Gasteiger partial charge in [-0.3, -0.25) is 0 Å². The Morgan fingerprint density at radius 2 is 1.71 bits per heavy atom. The van der Waals surface area contributed by atoms with Gasteiger partial charge in [0, 0.05) is 13.2 Å². The van der Waals surface area contributed by atoms with Crippen molar-refractivity contribution in [2.75, 3.05) is 13.2 Å². The quantitative estimate of drug-likeness (QED) is 0.700. The first kappa shape index (κ1) is 15.7. The predicted octanol–water partition coefficient (Wildman–Crippen LogP) is 3.29. The SMILES string of the molecule is CCCc1ccc(-n2cc(C(OCC)OCC)nn2)cc1. The van der Waals surface area contributed by atoms with Gasteiger partial charge in [0.25, 0.3) is 0 Å². The molecule has 0 aliphatic heterocycles. The molecule has 2 rings (SSSR count). The standard InChI is InChI=1S/C16H23N3O2/c1-4-7-13-8-10-14(11-9-13)19-12-15(17-18-19)16(20-5-2)21-6-3/h8-12,16H,4-7H2,1-3H3. The Morgan fingerprint density at radius 3 is 2.29 bits per heavy atom. The minimum atomic E-state index is -0.451. The molecule has 114 valence electrons. The summed E-state index contributed by atoms with van der Waals surface area (Å²) in [6.07, 6.45) is 3.65. The molecule has 0 saturated heterocycles. The maximum atomic E-state index is 5.53. The topological polar surface area (TPSA) is 49.2 Å². The van der Waals surface area contributed by atoms with E-state index in [1.807, 2.05) is 20.0 Å². The number of benzene rings is 1. The molecule has 5 nitrogen and oxygen atoms in total. The molecule has 0 spiro atoms. The summed E-state index contributed by atoms with van der Waals surface area (Å²) >= 11 is 0. The van der Waals surface area contributed by atoms with Crippen LogP contribution in [0.4, 0.5) is 0 Å². The molecule has 21 heavy (non-hydrogen) atoms. The van der Waals surface area contributed by atoms with Gasteiger partial charge in [-0.15, -0.1) is 5.10 Å². The first-order valence-corrected chi connectivity index (χ1v) is 7.53. The Morgan fingerprint density at radius 1 is 1.05 bits per heavy atom. The van der Waals surface area contributed by atoms with Gasteiger partial charge in [-0.2, -0.15) is 0 Å². The van der Waals surface area contributed by atoms with Gasteiger partial charge in [-0.25, -0.2) is 4.68 Å². The van der Waals surface area contributed by atoms with Crippen LogP contribution in [0.1, 0.15) is 44.7 Å². The lowest BCUT2D eigenvalue weighted by molar-refractivity contribution is -0.142. The Bertz CT molecular complexity index is 531. The molecule has 0 atom stereocenters. The lowest BCUT2D eigenvalue weighted by Gasteiger charge is -2.13. The Labute approximate surface area is 125 Å². The van der Waals surface area contributed by atoms with Gasteiger partial charge < -0.3 is 9.47 Å². The van der Waals surface area contributed by atoms with Gasteiger partial charge in [0.15, 0.2) is 0 Å². The number of aromatic nitrogens is 3. The van der Waals surface area contributed by atoms with E-state index in [1.54, 1.807) is 4.68 Å². The molecule has 0 amide bonds. The minimum Gasteiger partial charge on any atom is -0.347 e. The molecule has 0 bridgehead atoms. The van der Waals surface area contributed by atoms with E-state index < -0.39 is 6.29 Å². The Hall–Kier alpha value is -1.72. The molecule has 0 N–H and O–H groups in total. The number of nitrogens with zero attached hydrogens (tertiary/aromatic N) is 3. The van der Waals surface area contributed by atoms with Gasteiger partial charge in [0.05, 0.1) is 11.9 Å². The highest BCUT2D eigenvalue weighted by atomic mass is 16.7. The van der Waals surface area contributed by atoms with Crippen LogP contribution in [-0.4, -0.2) is 28.2 Å². The fraction of sp³-hybridized carbons (Fsp3) is 0.500. The van der Waals surface area contributed by atoms with Crippen LogP contribution in [0.5, 0.6) is 0 Å². The third kappa shape index (κ3) is 4.12. The van der Waals surface area contributed by atoms with Crippen LogP contribution in [0.2, 0.25) is 0 Å². The number of rotatable bonds is 8. The first-order valence-electron chi connectivity index (χ1n) is 7.53. The minimum absolute atomic E-state index is 0.451. The smallest absolute Gasteiger partial charge is 0.204 e. The molecule has 1 aromatic heterocycles. The molecular formula is C16H23N3O2. The van der Waals surface area contributed by atoms with E-state index in [0.717, 1.165) is 18.5 Å². The lowest BCUT2D eigenvalue weighted by atomic mass is 10.1. The van der Waals surface area contributed by atoms with Crippen LogP contribution in [0.25, 0.3) is 5.69 Å². The van der Waals surface area contributed by atoms with E-state index in [-0.39, 0.29) is 0 Å². The Kier molecular flexibility index (Phi) is 5.90. The summed E-state index contributed by atoms with van der Waals surface area (Å²) in [5.74, 6) is 0. The second kappa shape index (κ2) is 7.90. The molecule has 1 aromatic carbocycles. The van der Waals surface area contributed by atoms with Crippen molar-refractivity contribution >= 4 is 0 Å². The molecule has 0 radical (unpaired) electrons. The third-order valence-corrected chi connectivity index (χ3v) is 3.13. The summed E-state index contributed by atoms with van der Waals surface area (Å²) in [7, 11) is 0. The second-order valence-electron chi connectivity index (χ2n) is 4.75. The zero-order chi connectivity index (χ0) is 15.1. The summed E-state index contributed by atoms with van der Waals surface area (Å²) in [6.45, 7) is 7.19. The monoisotopic (exact) mass is 289 g/mol. The average molecular weight is 289 g/mol. The Balaban J connectivity index is 2.14. The van der Waals surface area contributed by atoms with Crippen molar-refractivity contribution in [2.24, 2.45) is 0 Å². The molecule has 0 fully saturated rings. The second-order valence-corrected chi connectivity index (χ2v) is 4.75. The average Bonchev–Trinajstić information content (AvgIpc) is 2.98.